The van der Waals surface area contributed by atoms with Crippen LogP contribution in [0.1, 0.15) is 37.3 Å². The summed E-state index contributed by atoms with van der Waals surface area (Å²) < 4.78 is 0. The third-order valence-corrected chi connectivity index (χ3v) is 3.14. The highest BCUT2D eigenvalue weighted by atomic mass is 16.3. The van der Waals surface area contributed by atoms with Gasteiger partial charge in [0.05, 0.1) is 5.60 Å². The van der Waals surface area contributed by atoms with E-state index in [-0.39, 0.29) is 0 Å². The van der Waals surface area contributed by atoms with Crippen molar-refractivity contribution in [3.63, 3.8) is 0 Å². The second kappa shape index (κ2) is 3.15. The van der Waals surface area contributed by atoms with E-state index in [9.17, 15) is 5.11 Å². The first-order valence-electron chi connectivity index (χ1n) is 5.07. The van der Waals surface area contributed by atoms with Gasteiger partial charge in [0.1, 0.15) is 0 Å². The van der Waals surface area contributed by atoms with Crippen molar-refractivity contribution in [2.45, 2.75) is 38.2 Å². The van der Waals surface area contributed by atoms with Gasteiger partial charge < -0.3 is 5.11 Å². The Hall–Kier alpha value is -0.820. The van der Waals surface area contributed by atoms with Crippen molar-refractivity contribution in [2.24, 2.45) is 0 Å². The fraction of sp³-hybridized carbons (Fsp3) is 0.500. The molecular formula is C12H16O. The Morgan fingerprint density at radius 3 is 2.92 bits per heavy atom. The van der Waals surface area contributed by atoms with E-state index >= 15 is 0 Å². The first-order chi connectivity index (χ1) is 6.26. The maximum atomic E-state index is 10.3. The maximum absolute atomic E-state index is 10.3. The molecule has 0 aliphatic heterocycles. The predicted molar refractivity (Wildman–Crippen MR) is 53.6 cm³/mol. The molecule has 1 N–H and O–H groups in total. The molecule has 0 unspecified atom stereocenters. The summed E-state index contributed by atoms with van der Waals surface area (Å²) in [6.45, 7) is 2.06. The molecule has 0 amide bonds. The smallest absolute Gasteiger partial charge is 0.0896 e. The van der Waals surface area contributed by atoms with Crippen LogP contribution in [0.5, 0.6) is 0 Å². The van der Waals surface area contributed by atoms with Crippen molar-refractivity contribution in [2.75, 3.05) is 0 Å². The third-order valence-electron chi connectivity index (χ3n) is 3.14. The molecule has 2 rings (SSSR count). The molecule has 0 bridgehead atoms. The first-order valence-corrected chi connectivity index (χ1v) is 5.07. The molecule has 1 aliphatic carbocycles. The van der Waals surface area contributed by atoms with Gasteiger partial charge in [0.15, 0.2) is 0 Å². The van der Waals surface area contributed by atoms with Crippen molar-refractivity contribution < 1.29 is 5.11 Å². The van der Waals surface area contributed by atoms with Crippen LogP contribution in [-0.4, -0.2) is 5.11 Å². The van der Waals surface area contributed by atoms with E-state index < -0.39 is 5.60 Å². The minimum atomic E-state index is -0.547. The Bertz CT molecular complexity index is 306. The second-order valence-corrected chi connectivity index (χ2v) is 3.90. The molecule has 13 heavy (non-hydrogen) atoms. The van der Waals surface area contributed by atoms with Crippen molar-refractivity contribution in [1.82, 2.24) is 0 Å². The summed E-state index contributed by atoms with van der Waals surface area (Å²) in [6, 6.07) is 8.28. The lowest BCUT2D eigenvalue weighted by Gasteiger charge is -2.33. The highest BCUT2D eigenvalue weighted by Gasteiger charge is 2.31. The van der Waals surface area contributed by atoms with Gasteiger partial charge in [-0.15, -0.1) is 0 Å². The molecule has 1 atom stereocenters. The monoisotopic (exact) mass is 176 g/mol. The van der Waals surface area contributed by atoms with E-state index in [1.54, 1.807) is 0 Å². The molecule has 70 valence electrons. The van der Waals surface area contributed by atoms with Crippen LogP contribution < -0.4 is 0 Å². The molecular weight excluding hydrogens is 160 g/mol. The van der Waals surface area contributed by atoms with Crippen LogP contribution in [0.3, 0.4) is 0 Å². The summed E-state index contributed by atoms with van der Waals surface area (Å²) in [4.78, 5) is 0. The van der Waals surface area contributed by atoms with Crippen molar-refractivity contribution in [3.8, 4) is 0 Å². The summed E-state index contributed by atoms with van der Waals surface area (Å²) in [7, 11) is 0. The molecule has 0 heterocycles. The minimum Gasteiger partial charge on any atom is -0.385 e. The first kappa shape index (κ1) is 8.76. The van der Waals surface area contributed by atoms with E-state index in [2.05, 4.69) is 25.1 Å². The molecule has 1 aliphatic rings. The number of aryl methyl sites for hydroxylation is 1. The van der Waals surface area contributed by atoms with E-state index in [1.165, 1.54) is 5.56 Å². The van der Waals surface area contributed by atoms with Gasteiger partial charge in [0.2, 0.25) is 0 Å². The zero-order valence-electron chi connectivity index (χ0n) is 8.09. The number of aliphatic hydroxyl groups is 1. The number of fused-ring (bicyclic) bond motifs is 1. The van der Waals surface area contributed by atoms with E-state index in [0.29, 0.717) is 0 Å². The van der Waals surface area contributed by atoms with Crippen LogP contribution in [0.2, 0.25) is 0 Å². The lowest BCUT2D eigenvalue weighted by atomic mass is 9.78. The number of hydrogen-bond acceptors (Lipinski definition) is 1. The van der Waals surface area contributed by atoms with Crippen LogP contribution in [0.15, 0.2) is 24.3 Å². The molecule has 1 heteroatoms. The topological polar surface area (TPSA) is 20.2 Å². The fourth-order valence-electron chi connectivity index (χ4n) is 2.27. The summed E-state index contributed by atoms with van der Waals surface area (Å²) >= 11 is 0. The lowest BCUT2D eigenvalue weighted by molar-refractivity contribution is 0.0148. The zero-order valence-corrected chi connectivity index (χ0v) is 8.09. The largest absolute Gasteiger partial charge is 0.385 e. The van der Waals surface area contributed by atoms with Crippen molar-refractivity contribution in [1.29, 1.82) is 0 Å². The van der Waals surface area contributed by atoms with Crippen LogP contribution in [0, 0.1) is 0 Å². The van der Waals surface area contributed by atoms with Crippen molar-refractivity contribution >= 4 is 0 Å². The lowest BCUT2D eigenvalue weighted by Crippen LogP contribution is -2.29. The van der Waals surface area contributed by atoms with Gasteiger partial charge >= 0.3 is 0 Å². The molecule has 0 fully saturated rings. The summed E-state index contributed by atoms with van der Waals surface area (Å²) in [5.74, 6) is 0. The fourth-order valence-corrected chi connectivity index (χ4v) is 2.27. The van der Waals surface area contributed by atoms with Gasteiger partial charge in [-0.1, -0.05) is 31.2 Å². The molecule has 0 radical (unpaired) electrons. The average molecular weight is 176 g/mol. The third kappa shape index (κ3) is 1.37. The van der Waals surface area contributed by atoms with E-state index in [1.807, 2.05) is 6.07 Å². The van der Waals surface area contributed by atoms with Gasteiger partial charge in [0, 0.05) is 0 Å². The number of benzene rings is 1. The Balaban J connectivity index is 2.48. The standard InChI is InChI=1S/C12H16O/c1-2-12(13)9-5-7-10-6-3-4-8-11(10)12/h3-4,6,8,13H,2,5,7,9H2,1H3/t12-/m0/s1. The minimum absolute atomic E-state index is 0.547. The molecule has 0 saturated heterocycles. The Labute approximate surface area is 79.4 Å². The Morgan fingerprint density at radius 1 is 1.38 bits per heavy atom. The highest BCUT2D eigenvalue weighted by molar-refractivity contribution is 5.34. The molecule has 0 aromatic heterocycles. The van der Waals surface area contributed by atoms with Crippen LogP contribution >= 0.6 is 0 Å². The maximum Gasteiger partial charge on any atom is 0.0896 e. The molecule has 1 aromatic carbocycles. The summed E-state index contributed by atoms with van der Waals surface area (Å²) in [5.41, 5.74) is 1.94. The average Bonchev–Trinajstić information content (AvgIpc) is 2.19. The number of hydrogen-bond donors (Lipinski definition) is 1. The van der Waals surface area contributed by atoms with Crippen molar-refractivity contribution in [3.05, 3.63) is 35.4 Å². The molecule has 1 aromatic rings. The van der Waals surface area contributed by atoms with E-state index in [0.717, 1.165) is 31.2 Å². The summed E-state index contributed by atoms with van der Waals surface area (Å²) in [6.07, 6.45) is 3.98. The van der Waals surface area contributed by atoms with E-state index in [4.69, 9.17) is 0 Å². The highest BCUT2D eigenvalue weighted by Crippen LogP contribution is 2.37. The Kier molecular flexibility index (Phi) is 2.12. The van der Waals surface area contributed by atoms with Gasteiger partial charge in [-0.25, -0.2) is 0 Å². The van der Waals surface area contributed by atoms with Gasteiger partial charge in [-0.3, -0.25) is 0 Å². The molecule has 0 saturated carbocycles. The summed E-state index contributed by atoms with van der Waals surface area (Å²) in [5, 5.41) is 10.3. The van der Waals surface area contributed by atoms with Gasteiger partial charge in [0.25, 0.3) is 0 Å². The normalized spacial score (nSPS) is 26.9. The van der Waals surface area contributed by atoms with Crippen LogP contribution in [-0.2, 0) is 12.0 Å². The quantitative estimate of drug-likeness (QED) is 0.697. The van der Waals surface area contributed by atoms with Crippen LogP contribution in [0.25, 0.3) is 0 Å². The second-order valence-electron chi connectivity index (χ2n) is 3.90. The molecule has 0 spiro atoms. The number of rotatable bonds is 1. The van der Waals surface area contributed by atoms with Gasteiger partial charge in [-0.2, -0.15) is 0 Å². The zero-order chi connectivity index (χ0) is 9.31. The predicted octanol–water partition coefficient (Wildman–Crippen LogP) is 2.62. The molecule has 1 nitrogen and oxygen atoms in total. The van der Waals surface area contributed by atoms with Gasteiger partial charge in [-0.05, 0) is 36.8 Å². The van der Waals surface area contributed by atoms with Crippen LogP contribution in [0.4, 0.5) is 0 Å². The SMILES string of the molecule is CC[C@]1(O)CCCc2ccccc21. The Morgan fingerprint density at radius 2 is 2.15 bits per heavy atom.